The topological polar surface area (TPSA) is 66.5 Å². The molecule has 1 heterocycles. The van der Waals surface area contributed by atoms with Gasteiger partial charge in [-0.3, -0.25) is 4.79 Å². The molecule has 0 saturated carbocycles. The molecule has 1 amide bonds. The van der Waals surface area contributed by atoms with Crippen molar-refractivity contribution in [3.8, 4) is 0 Å². The number of benzene rings is 1. The van der Waals surface area contributed by atoms with Crippen molar-refractivity contribution in [1.29, 1.82) is 0 Å². The molecule has 0 unspecified atom stereocenters. The van der Waals surface area contributed by atoms with Gasteiger partial charge in [-0.05, 0) is 37.1 Å². The van der Waals surface area contributed by atoms with E-state index in [1.807, 2.05) is 19.9 Å². The van der Waals surface area contributed by atoms with Crippen LogP contribution in [0.4, 0.5) is 0 Å². The molecule has 6 heteroatoms. The summed E-state index contributed by atoms with van der Waals surface area (Å²) in [6.07, 6.45) is 0. The van der Waals surface area contributed by atoms with Gasteiger partial charge in [0, 0.05) is 13.1 Å². The van der Waals surface area contributed by atoms with E-state index in [0.29, 0.717) is 13.1 Å². The van der Waals surface area contributed by atoms with Gasteiger partial charge in [0.2, 0.25) is 15.9 Å². The maximum Gasteiger partial charge on any atom is 0.243 e. The number of aryl methyl sites for hydroxylation is 2. The Bertz CT molecular complexity index is 561. The van der Waals surface area contributed by atoms with Gasteiger partial charge < -0.3 is 5.32 Å². The summed E-state index contributed by atoms with van der Waals surface area (Å²) in [7, 11) is -3.57. The first-order chi connectivity index (χ1) is 8.39. The quantitative estimate of drug-likeness (QED) is 0.845. The molecule has 0 bridgehead atoms. The number of amides is 1. The first-order valence-electron chi connectivity index (χ1n) is 5.75. The molecular weight excluding hydrogens is 252 g/mol. The van der Waals surface area contributed by atoms with E-state index in [4.69, 9.17) is 0 Å². The largest absolute Gasteiger partial charge is 0.354 e. The number of nitrogens with zero attached hydrogens (tertiary/aromatic N) is 1. The molecule has 5 nitrogen and oxygen atoms in total. The van der Waals surface area contributed by atoms with E-state index in [1.54, 1.807) is 12.1 Å². The fourth-order valence-corrected chi connectivity index (χ4v) is 3.64. The third-order valence-corrected chi connectivity index (χ3v) is 4.66. The zero-order valence-electron chi connectivity index (χ0n) is 10.4. The van der Waals surface area contributed by atoms with Crippen molar-refractivity contribution in [3.05, 3.63) is 29.3 Å². The van der Waals surface area contributed by atoms with E-state index < -0.39 is 10.0 Å². The number of carbonyl (C=O) groups is 1. The van der Waals surface area contributed by atoms with E-state index in [2.05, 4.69) is 5.32 Å². The first-order valence-corrected chi connectivity index (χ1v) is 7.19. The SMILES string of the molecule is Cc1cc(C)cc(S(=O)(=O)N2CCNC(=O)C2)c1. The fourth-order valence-electron chi connectivity index (χ4n) is 2.05. The number of hydrogen-bond acceptors (Lipinski definition) is 3. The van der Waals surface area contributed by atoms with Crippen LogP contribution in [0.1, 0.15) is 11.1 Å². The van der Waals surface area contributed by atoms with Crippen LogP contribution in [-0.4, -0.2) is 38.3 Å². The molecule has 18 heavy (non-hydrogen) atoms. The summed E-state index contributed by atoms with van der Waals surface area (Å²) in [5, 5.41) is 2.61. The zero-order chi connectivity index (χ0) is 13.3. The van der Waals surface area contributed by atoms with Crippen molar-refractivity contribution in [1.82, 2.24) is 9.62 Å². The van der Waals surface area contributed by atoms with Gasteiger partial charge in [0.15, 0.2) is 0 Å². The Labute approximate surface area is 107 Å². The molecule has 1 aromatic carbocycles. The van der Waals surface area contributed by atoms with Crippen molar-refractivity contribution >= 4 is 15.9 Å². The van der Waals surface area contributed by atoms with Crippen LogP contribution in [0.15, 0.2) is 23.1 Å². The maximum absolute atomic E-state index is 12.4. The predicted molar refractivity (Wildman–Crippen MR) is 67.7 cm³/mol. The summed E-state index contributed by atoms with van der Waals surface area (Å²) < 4.78 is 26.0. The molecule has 1 fully saturated rings. The van der Waals surface area contributed by atoms with Crippen molar-refractivity contribution in [2.75, 3.05) is 19.6 Å². The van der Waals surface area contributed by atoms with Gasteiger partial charge in [0.25, 0.3) is 0 Å². The minimum Gasteiger partial charge on any atom is -0.354 e. The molecule has 2 rings (SSSR count). The standard InChI is InChI=1S/C12H16N2O3S/c1-9-5-10(2)7-11(6-9)18(16,17)14-4-3-13-12(15)8-14/h5-7H,3-4,8H2,1-2H3,(H,13,15). The van der Waals surface area contributed by atoms with Crippen molar-refractivity contribution in [3.63, 3.8) is 0 Å². The molecule has 1 saturated heterocycles. The number of piperazine rings is 1. The molecule has 1 N–H and O–H groups in total. The second-order valence-electron chi connectivity index (χ2n) is 4.51. The lowest BCUT2D eigenvalue weighted by atomic mass is 10.2. The normalized spacial score (nSPS) is 17.6. The summed E-state index contributed by atoms with van der Waals surface area (Å²) in [6, 6.07) is 5.19. The van der Waals surface area contributed by atoms with Crippen molar-refractivity contribution in [2.45, 2.75) is 18.7 Å². The van der Waals surface area contributed by atoms with Crippen LogP contribution in [0.5, 0.6) is 0 Å². The molecule has 0 aromatic heterocycles. The second-order valence-corrected chi connectivity index (χ2v) is 6.45. The number of hydrogen-bond donors (Lipinski definition) is 1. The van der Waals surface area contributed by atoms with Gasteiger partial charge in [-0.25, -0.2) is 8.42 Å². The molecule has 1 aromatic rings. The minimum atomic E-state index is -3.57. The Morgan fingerprint density at radius 2 is 1.78 bits per heavy atom. The van der Waals surface area contributed by atoms with E-state index >= 15 is 0 Å². The molecule has 1 aliphatic rings. The van der Waals surface area contributed by atoms with E-state index in [9.17, 15) is 13.2 Å². The summed E-state index contributed by atoms with van der Waals surface area (Å²) in [4.78, 5) is 11.5. The van der Waals surface area contributed by atoms with Gasteiger partial charge >= 0.3 is 0 Å². The van der Waals surface area contributed by atoms with E-state index in [1.165, 1.54) is 4.31 Å². The average Bonchev–Trinajstić information content (AvgIpc) is 2.27. The van der Waals surface area contributed by atoms with Gasteiger partial charge in [-0.2, -0.15) is 4.31 Å². The second kappa shape index (κ2) is 4.70. The summed E-state index contributed by atoms with van der Waals surface area (Å²) >= 11 is 0. The van der Waals surface area contributed by atoms with Crippen LogP contribution in [0.25, 0.3) is 0 Å². The lowest BCUT2D eigenvalue weighted by molar-refractivity contribution is -0.122. The highest BCUT2D eigenvalue weighted by Gasteiger charge is 2.29. The zero-order valence-corrected chi connectivity index (χ0v) is 11.3. The van der Waals surface area contributed by atoms with Crippen LogP contribution in [-0.2, 0) is 14.8 Å². The molecule has 0 radical (unpaired) electrons. The number of nitrogens with one attached hydrogen (secondary N) is 1. The van der Waals surface area contributed by atoms with Crippen LogP contribution >= 0.6 is 0 Å². The van der Waals surface area contributed by atoms with Crippen LogP contribution in [0.3, 0.4) is 0 Å². The highest BCUT2D eigenvalue weighted by atomic mass is 32.2. The molecule has 0 spiro atoms. The molecule has 98 valence electrons. The minimum absolute atomic E-state index is 0.102. The smallest absolute Gasteiger partial charge is 0.243 e. The predicted octanol–water partition coefficient (Wildman–Crippen LogP) is 0.424. The Hall–Kier alpha value is -1.40. The van der Waals surface area contributed by atoms with Gasteiger partial charge in [-0.1, -0.05) is 6.07 Å². The van der Waals surface area contributed by atoms with E-state index in [-0.39, 0.29) is 17.3 Å². The summed E-state index contributed by atoms with van der Waals surface area (Å²) in [5.74, 6) is -0.255. The highest BCUT2D eigenvalue weighted by Crippen LogP contribution is 2.19. The first kappa shape index (κ1) is 13.0. The van der Waals surface area contributed by atoms with Crippen molar-refractivity contribution in [2.24, 2.45) is 0 Å². The highest BCUT2D eigenvalue weighted by molar-refractivity contribution is 7.89. The Balaban J connectivity index is 2.38. The fraction of sp³-hybridized carbons (Fsp3) is 0.417. The molecule has 0 atom stereocenters. The summed E-state index contributed by atoms with van der Waals surface area (Å²) in [5.41, 5.74) is 1.80. The number of sulfonamides is 1. The van der Waals surface area contributed by atoms with Gasteiger partial charge in [-0.15, -0.1) is 0 Å². The maximum atomic E-state index is 12.4. The monoisotopic (exact) mass is 268 g/mol. The van der Waals surface area contributed by atoms with Crippen LogP contribution in [0, 0.1) is 13.8 Å². The lowest BCUT2D eigenvalue weighted by Gasteiger charge is -2.26. The Kier molecular flexibility index (Phi) is 3.41. The Morgan fingerprint density at radius 1 is 1.17 bits per heavy atom. The molecule has 1 aliphatic heterocycles. The third kappa shape index (κ3) is 2.54. The number of carbonyl (C=O) groups excluding carboxylic acids is 1. The van der Waals surface area contributed by atoms with Gasteiger partial charge in [0.1, 0.15) is 0 Å². The lowest BCUT2D eigenvalue weighted by Crippen LogP contribution is -2.49. The molecule has 0 aliphatic carbocycles. The Morgan fingerprint density at radius 3 is 2.33 bits per heavy atom. The average molecular weight is 268 g/mol. The summed E-state index contributed by atoms with van der Waals surface area (Å²) in [6.45, 7) is 4.29. The van der Waals surface area contributed by atoms with Crippen LogP contribution in [0.2, 0.25) is 0 Å². The van der Waals surface area contributed by atoms with E-state index in [0.717, 1.165) is 11.1 Å². The van der Waals surface area contributed by atoms with Crippen LogP contribution < -0.4 is 5.32 Å². The van der Waals surface area contributed by atoms with Crippen molar-refractivity contribution < 1.29 is 13.2 Å². The number of rotatable bonds is 2. The molecular formula is C12H16N2O3S. The van der Waals surface area contributed by atoms with Gasteiger partial charge in [0.05, 0.1) is 11.4 Å². The third-order valence-electron chi connectivity index (χ3n) is 2.84.